The van der Waals surface area contributed by atoms with Crippen molar-refractivity contribution in [1.82, 2.24) is 0 Å². The van der Waals surface area contributed by atoms with Crippen molar-refractivity contribution in [3.63, 3.8) is 0 Å². The van der Waals surface area contributed by atoms with Gasteiger partial charge in [0.2, 0.25) is 0 Å². The minimum Gasteiger partial charge on any atom is -0.497 e. The summed E-state index contributed by atoms with van der Waals surface area (Å²) in [4.78, 5) is 0. The van der Waals surface area contributed by atoms with E-state index in [4.69, 9.17) is 4.74 Å². The van der Waals surface area contributed by atoms with Gasteiger partial charge in [-0.3, -0.25) is 0 Å². The lowest BCUT2D eigenvalue weighted by Crippen LogP contribution is -2.48. The van der Waals surface area contributed by atoms with Gasteiger partial charge in [0.05, 0.1) is 18.6 Å². The number of ether oxygens (including phenoxy) is 1. The fourth-order valence-corrected chi connectivity index (χ4v) is 3.38. The molecule has 18 heavy (non-hydrogen) atoms. The van der Waals surface area contributed by atoms with E-state index < -0.39 is 11.0 Å². The van der Waals surface area contributed by atoms with Crippen molar-refractivity contribution >= 4 is 0 Å². The predicted octanol–water partition coefficient (Wildman–Crippen LogP) is 2.52. The maximum Gasteiger partial charge on any atom is 0.119 e. The maximum absolute atomic E-state index is 11.1. The molecule has 1 saturated carbocycles. The lowest BCUT2D eigenvalue weighted by atomic mass is 9.58. The minimum absolute atomic E-state index is 0.579. The van der Waals surface area contributed by atoms with Crippen molar-refractivity contribution in [2.45, 2.75) is 37.7 Å². The monoisotopic (exact) mass is 243 g/mol. The Morgan fingerprint density at radius 2 is 2.11 bits per heavy atom. The third-order valence-electron chi connectivity index (χ3n) is 4.73. The summed E-state index contributed by atoms with van der Waals surface area (Å²) < 4.78 is 5.24. The quantitative estimate of drug-likeness (QED) is 0.868. The van der Waals surface area contributed by atoms with Crippen molar-refractivity contribution in [2.75, 3.05) is 7.11 Å². The number of nitrogens with zero attached hydrogens (tertiary/aromatic N) is 1. The number of hydrogen-bond acceptors (Lipinski definition) is 3. The summed E-state index contributed by atoms with van der Waals surface area (Å²) in [7, 11) is 1.62. The van der Waals surface area contributed by atoms with Gasteiger partial charge < -0.3 is 9.84 Å². The Bertz CT molecular complexity index is 528. The highest BCUT2D eigenvalue weighted by Crippen LogP contribution is 2.58. The number of methoxy groups -OCH3 is 1. The van der Waals surface area contributed by atoms with E-state index in [0.29, 0.717) is 6.42 Å². The van der Waals surface area contributed by atoms with Crippen LogP contribution in [0.15, 0.2) is 18.2 Å². The van der Waals surface area contributed by atoms with Crippen molar-refractivity contribution in [2.24, 2.45) is 5.41 Å². The van der Waals surface area contributed by atoms with Gasteiger partial charge in [-0.25, -0.2) is 0 Å². The van der Waals surface area contributed by atoms with Crippen LogP contribution >= 0.6 is 0 Å². The molecule has 3 nitrogen and oxygen atoms in total. The van der Waals surface area contributed by atoms with E-state index in [1.807, 2.05) is 18.2 Å². The molecule has 0 aliphatic heterocycles. The lowest BCUT2D eigenvalue weighted by Gasteiger charge is -2.47. The minimum atomic E-state index is -0.982. The van der Waals surface area contributed by atoms with E-state index in [0.717, 1.165) is 42.6 Å². The Morgan fingerprint density at radius 3 is 2.67 bits per heavy atom. The highest BCUT2D eigenvalue weighted by atomic mass is 16.5. The van der Waals surface area contributed by atoms with E-state index in [1.54, 1.807) is 7.11 Å². The smallest absolute Gasteiger partial charge is 0.119 e. The number of hydrogen-bond donors (Lipinski definition) is 1. The number of aryl methyl sites for hydroxylation is 1. The molecule has 94 valence electrons. The number of aliphatic hydroxyl groups is 1. The molecular weight excluding hydrogens is 226 g/mol. The molecule has 1 N–H and O–H groups in total. The van der Waals surface area contributed by atoms with Gasteiger partial charge in [-0.2, -0.15) is 5.26 Å². The second-order valence-corrected chi connectivity index (χ2v) is 5.43. The van der Waals surface area contributed by atoms with Crippen molar-refractivity contribution < 1.29 is 9.84 Å². The summed E-state index contributed by atoms with van der Waals surface area (Å²) in [6.45, 7) is 0. The first kappa shape index (κ1) is 11.6. The van der Waals surface area contributed by atoms with E-state index in [9.17, 15) is 10.4 Å². The van der Waals surface area contributed by atoms with E-state index in [2.05, 4.69) is 6.07 Å². The van der Waals surface area contributed by atoms with Crippen LogP contribution in [0.25, 0.3) is 0 Å². The second-order valence-electron chi connectivity index (χ2n) is 5.43. The fourth-order valence-electron chi connectivity index (χ4n) is 3.38. The number of nitriles is 1. The van der Waals surface area contributed by atoms with Crippen LogP contribution in [-0.4, -0.2) is 12.2 Å². The number of benzene rings is 1. The molecule has 0 amide bonds. The Labute approximate surface area is 107 Å². The zero-order valence-corrected chi connectivity index (χ0v) is 10.6. The highest BCUT2D eigenvalue weighted by molar-refractivity contribution is 5.46. The second kappa shape index (κ2) is 3.73. The largest absolute Gasteiger partial charge is 0.497 e. The van der Waals surface area contributed by atoms with Crippen LogP contribution in [0.4, 0.5) is 0 Å². The molecule has 0 spiro atoms. The third kappa shape index (κ3) is 1.27. The van der Waals surface area contributed by atoms with Crippen molar-refractivity contribution in [3.05, 3.63) is 29.3 Å². The van der Waals surface area contributed by atoms with Crippen molar-refractivity contribution in [1.29, 1.82) is 5.26 Å². The van der Waals surface area contributed by atoms with E-state index in [1.165, 1.54) is 0 Å². The number of rotatable bonds is 2. The standard InChI is InChI=1S/C15H17NO2/c1-18-12-4-3-11-5-8-15(17,13(11)9-12)14(10-16)6-2-7-14/h3-4,9,17H,2,5-8H2,1H3. The fraction of sp³-hybridized carbons (Fsp3) is 0.533. The van der Waals surface area contributed by atoms with Crippen LogP contribution in [0.5, 0.6) is 5.75 Å². The van der Waals surface area contributed by atoms with E-state index >= 15 is 0 Å². The average molecular weight is 243 g/mol. The zero-order chi connectivity index (χ0) is 12.8. The number of fused-ring (bicyclic) bond motifs is 1. The lowest BCUT2D eigenvalue weighted by molar-refractivity contribution is -0.0989. The Balaban J connectivity index is 2.10. The van der Waals surface area contributed by atoms with Gasteiger partial charge >= 0.3 is 0 Å². The highest BCUT2D eigenvalue weighted by Gasteiger charge is 2.57. The van der Waals surface area contributed by atoms with Gasteiger partial charge in [0, 0.05) is 0 Å². The van der Waals surface area contributed by atoms with Gasteiger partial charge in [-0.1, -0.05) is 12.5 Å². The first-order valence-corrected chi connectivity index (χ1v) is 6.46. The van der Waals surface area contributed by atoms with E-state index in [-0.39, 0.29) is 0 Å². The first-order chi connectivity index (χ1) is 8.65. The summed E-state index contributed by atoms with van der Waals surface area (Å²) in [5, 5.41) is 20.5. The van der Waals surface area contributed by atoms with Crippen LogP contribution < -0.4 is 4.74 Å². The Hall–Kier alpha value is -1.53. The van der Waals surface area contributed by atoms with Crippen molar-refractivity contribution in [3.8, 4) is 11.8 Å². The molecule has 3 heteroatoms. The molecular formula is C15H17NO2. The van der Waals surface area contributed by atoms with Gasteiger partial charge in [0.15, 0.2) is 0 Å². The molecule has 0 heterocycles. The molecule has 1 aromatic rings. The predicted molar refractivity (Wildman–Crippen MR) is 67.1 cm³/mol. The summed E-state index contributed by atoms with van der Waals surface area (Å²) in [6, 6.07) is 8.22. The normalized spacial score (nSPS) is 28.1. The van der Waals surface area contributed by atoms with Crippen LogP contribution in [-0.2, 0) is 12.0 Å². The van der Waals surface area contributed by atoms with Crippen LogP contribution in [0, 0.1) is 16.7 Å². The molecule has 0 aromatic heterocycles. The van der Waals surface area contributed by atoms with Gasteiger partial charge in [0.1, 0.15) is 11.4 Å². The average Bonchev–Trinajstić information content (AvgIpc) is 2.67. The molecule has 2 aliphatic rings. The van der Waals surface area contributed by atoms with Crippen LogP contribution in [0.2, 0.25) is 0 Å². The topological polar surface area (TPSA) is 53.2 Å². The Morgan fingerprint density at radius 1 is 1.33 bits per heavy atom. The zero-order valence-electron chi connectivity index (χ0n) is 10.6. The molecule has 3 rings (SSSR count). The summed E-state index contributed by atoms with van der Waals surface area (Å²) in [5.41, 5.74) is 0.497. The first-order valence-electron chi connectivity index (χ1n) is 6.46. The van der Waals surface area contributed by atoms with Gasteiger partial charge in [0.25, 0.3) is 0 Å². The van der Waals surface area contributed by atoms with Crippen LogP contribution in [0.1, 0.15) is 36.8 Å². The molecule has 0 saturated heterocycles. The molecule has 1 aromatic carbocycles. The molecule has 2 aliphatic carbocycles. The van der Waals surface area contributed by atoms with Crippen LogP contribution in [0.3, 0.4) is 0 Å². The van der Waals surface area contributed by atoms with Gasteiger partial charge in [-0.05, 0) is 48.9 Å². The molecule has 1 atom stereocenters. The molecule has 0 bridgehead atoms. The summed E-state index contributed by atoms with van der Waals surface area (Å²) in [5.74, 6) is 0.751. The molecule has 1 fully saturated rings. The summed E-state index contributed by atoms with van der Waals surface area (Å²) >= 11 is 0. The molecule has 0 radical (unpaired) electrons. The van der Waals surface area contributed by atoms with Gasteiger partial charge in [-0.15, -0.1) is 0 Å². The Kier molecular flexibility index (Phi) is 2.39. The third-order valence-corrected chi connectivity index (χ3v) is 4.73. The molecule has 1 unspecified atom stereocenters. The SMILES string of the molecule is COc1ccc2c(c1)C(O)(C1(C#N)CCC1)CC2. The summed E-state index contributed by atoms with van der Waals surface area (Å²) in [6.07, 6.45) is 4.14. The maximum atomic E-state index is 11.1.